The number of ether oxygens (including phenoxy) is 2. The number of nitrogens with zero attached hydrogens (tertiary/aromatic N) is 3. The van der Waals surface area contributed by atoms with Gasteiger partial charge >= 0.3 is 0 Å². The first-order valence-electron chi connectivity index (χ1n) is 39.0. The number of rotatable bonds is 7. The molecule has 5 nitrogen and oxygen atoms in total. The molecule has 17 aromatic carbocycles. The van der Waals surface area contributed by atoms with Crippen molar-refractivity contribution >= 4 is 121 Å². The minimum absolute atomic E-state index is 0.848. The molecule has 0 radical (unpaired) electrons. The largest absolute Gasteiger partial charge is 0.497 e. The number of thiophene rings is 1. The lowest BCUT2D eigenvalue weighted by Crippen LogP contribution is -2.19. The van der Waals surface area contributed by atoms with Crippen LogP contribution in [-0.4, -0.2) is 29.9 Å². The van der Waals surface area contributed by atoms with E-state index >= 15 is 0 Å². The lowest BCUT2D eigenvalue weighted by atomic mass is 10.1. The number of anilines is 2. The van der Waals surface area contributed by atoms with Gasteiger partial charge in [-0.1, -0.05) is 345 Å². The number of fused-ring (bicyclic) bond motifs is 15. The van der Waals surface area contributed by atoms with E-state index in [1.807, 2.05) is 95.9 Å². The normalized spacial score (nSPS) is 11.0. The fourth-order valence-electron chi connectivity index (χ4n) is 14.3. The molecule has 115 heavy (non-hydrogen) atoms. The number of aryl methyl sites for hydroxylation is 1. The monoisotopic (exact) mass is 1550 g/mol. The van der Waals surface area contributed by atoms with Crippen molar-refractivity contribution in [2.75, 3.05) is 25.7 Å². The summed E-state index contributed by atoms with van der Waals surface area (Å²) in [4.78, 5) is 7.65. The van der Waals surface area contributed by atoms with Crippen molar-refractivity contribution < 1.29 is 9.47 Å². The van der Waals surface area contributed by atoms with Crippen LogP contribution in [0.3, 0.4) is 0 Å². The maximum absolute atomic E-state index is 4.96. The van der Waals surface area contributed by atoms with Gasteiger partial charge in [0.1, 0.15) is 11.5 Å². The van der Waals surface area contributed by atoms with E-state index in [0.717, 1.165) is 31.0 Å². The number of para-hydroxylation sites is 7. The number of hydrogen-bond donors (Lipinski definition) is 0. The molecule has 0 atom stereocenters. The first kappa shape index (κ1) is 78.6. The highest BCUT2D eigenvalue weighted by atomic mass is 32.2. The van der Waals surface area contributed by atoms with Gasteiger partial charge in [0, 0.05) is 91.1 Å². The Morgan fingerprint density at radius 3 is 1.00 bits per heavy atom. The summed E-state index contributed by atoms with van der Waals surface area (Å²) in [7, 11) is 3.28. The molecule has 0 unspecified atom stereocenters. The molecule has 1 aliphatic carbocycles. The molecule has 0 N–H and O–H groups in total. The van der Waals surface area contributed by atoms with Crippen molar-refractivity contribution in [1.82, 2.24) is 9.13 Å². The van der Waals surface area contributed by atoms with E-state index in [2.05, 4.69) is 398 Å². The van der Waals surface area contributed by atoms with Crippen LogP contribution < -0.4 is 14.4 Å². The van der Waals surface area contributed by atoms with E-state index < -0.39 is 0 Å². The van der Waals surface area contributed by atoms with E-state index in [9.17, 15) is 0 Å². The average Bonchev–Trinajstić information content (AvgIpc) is 1.65. The third-order valence-corrected chi connectivity index (χ3v) is 23.1. The Morgan fingerprint density at radius 1 is 0.287 bits per heavy atom. The molecule has 1 aliphatic heterocycles. The maximum Gasteiger partial charge on any atom is 0.119 e. The molecule has 8 heteroatoms. The molecule has 4 heterocycles. The number of methoxy groups -OCH3 is 2. The van der Waals surface area contributed by atoms with E-state index in [-0.39, 0.29) is 0 Å². The second-order valence-corrected chi connectivity index (χ2v) is 30.3. The van der Waals surface area contributed by atoms with E-state index in [4.69, 9.17) is 9.47 Å². The molecule has 0 fully saturated rings. The Hall–Kier alpha value is -13.1. The van der Waals surface area contributed by atoms with Gasteiger partial charge in [-0.05, 0) is 175 Å². The van der Waals surface area contributed by atoms with Gasteiger partial charge < -0.3 is 23.5 Å². The first-order chi connectivity index (χ1) is 56.9. The van der Waals surface area contributed by atoms with Crippen molar-refractivity contribution in [3.8, 4) is 28.3 Å². The van der Waals surface area contributed by atoms with Gasteiger partial charge in [0.05, 0.1) is 36.6 Å². The van der Waals surface area contributed by atoms with Crippen molar-refractivity contribution in [3.05, 3.63) is 454 Å². The zero-order valence-corrected chi connectivity index (χ0v) is 67.6. The van der Waals surface area contributed by atoms with E-state index in [1.165, 1.54) is 133 Å². The Balaban J connectivity index is 0.000000108. The van der Waals surface area contributed by atoms with Crippen molar-refractivity contribution in [2.45, 2.75) is 46.4 Å². The van der Waals surface area contributed by atoms with Crippen LogP contribution in [0.5, 0.6) is 11.5 Å². The minimum atomic E-state index is 0.848. The molecule has 0 spiro atoms. The fraction of sp³-hybridized carbons (Fsp3) is 0.0654. The molecular formula is C107H91N3O2S3. The lowest BCUT2D eigenvalue weighted by molar-refractivity contribution is 0.403. The maximum atomic E-state index is 4.96. The summed E-state index contributed by atoms with van der Waals surface area (Å²) in [6, 6.07) is 153. The molecule has 2 aliphatic rings. The van der Waals surface area contributed by atoms with Crippen LogP contribution in [0, 0.1) is 0 Å². The summed E-state index contributed by atoms with van der Waals surface area (Å²) >= 11 is 5.51. The van der Waals surface area contributed by atoms with E-state index in [1.54, 1.807) is 26.0 Å². The smallest absolute Gasteiger partial charge is 0.119 e. The molecule has 0 saturated carbocycles. The summed E-state index contributed by atoms with van der Waals surface area (Å²) in [5.41, 5.74) is 14.8. The summed E-state index contributed by atoms with van der Waals surface area (Å²) in [5.74, 6) is 1.70. The number of aromatic nitrogens is 2. The molecule has 564 valence electrons. The SMILES string of the molecule is CCN1c2ccccc2Sc2ccccc21.CCn1c2ccccc2c2ccccc21.COc1ccc(OC)cc1.c1ccc(-n2c3ccccc3c3ccccc32)cc1.c1ccc(Sc2ccccc2)cc1.c1ccc2c(c1)Cc1ccccc1-2.c1ccc2c(c1)sc1ccccc12.c1ccc2ccccc2c1.c1ccccc1. The predicted octanol–water partition coefficient (Wildman–Crippen LogP) is 30.3. The summed E-state index contributed by atoms with van der Waals surface area (Å²) in [6.07, 6.45) is 1.10. The van der Waals surface area contributed by atoms with Gasteiger partial charge in [-0.3, -0.25) is 0 Å². The van der Waals surface area contributed by atoms with Crippen molar-refractivity contribution in [3.63, 3.8) is 0 Å². The highest BCUT2D eigenvalue weighted by molar-refractivity contribution is 8.00. The van der Waals surface area contributed by atoms with Crippen molar-refractivity contribution in [2.24, 2.45) is 0 Å². The predicted molar refractivity (Wildman–Crippen MR) is 497 cm³/mol. The Kier molecular flexibility index (Phi) is 27.6. The topological polar surface area (TPSA) is 31.6 Å². The number of hydrogen-bond acceptors (Lipinski definition) is 6. The first-order valence-corrected chi connectivity index (χ1v) is 41.4. The quantitative estimate of drug-likeness (QED) is 0.159. The molecular weight excluding hydrogens is 1460 g/mol. The van der Waals surface area contributed by atoms with Crippen LogP contribution >= 0.6 is 34.9 Å². The van der Waals surface area contributed by atoms with Crippen LogP contribution in [0.15, 0.2) is 462 Å². The summed E-state index contributed by atoms with van der Waals surface area (Å²) < 4.78 is 17.4. The van der Waals surface area contributed by atoms with Crippen LogP contribution in [0.25, 0.3) is 91.4 Å². The van der Waals surface area contributed by atoms with Crippen LogP contribution in [-0.2, 0) is 13.0 Å². The molecule has 20 aromatic rings. The van der Waals surface area contributed by atoms with Gasteiger partial charge in [0.25, 0.3) is 0 Å². The van der Waals surface area contributed by atoms with Crippen molar-refractivity contribution in [1.29, 1.82) is 0 Å². The van der Waals surface area contributed by atoms with E-state index in [0.29, 0.717) is 0 Å². The standard InChI is InChI=1S/C18H13N.C14H13NS.C14H13N.C13H10.C12H8S.C12H10S.C10H8.C8H10O2.C6H6/c1-2-8-14(9-3-1)19-17-12-6-4-10-15(17)16-11-5-7-13-18(16)19;1-2-15-11-7-3-5-9-13(11)16-14-10-6-4-8-12(14)15;1-2-15-13-9-5-3-7-11(13)12-8-4-6-10-14(12)15;1-3-7-12-10(5-1)9-11-6-2-4-8-13(11)12;1-3-7-11-9(5-1)10-6-2-4-8-12(10)13-11;1-3-7-11(8-4-1)13-12-9-5-2-6-10-12;1-2-6-10-8-4-3-7-9(10)5-1;1-9-7-3-5-8(10-2)6-4-7;1-2-4-6-5-3-1/h1-13H;3-10H,2H2,1H3;3-10H,2H2,1H3;1-8H,9H2;1-8H;1-10H;1-8H;3-6H,1-2H3;1-6H. The second kappa shape index (κ2) is 40.4. The lowest BCUT2D eigenvalue weighted by Gasteiger charge is -2.31. The van der Waals surface area contributed by atoms with Gasteiger partial charge in [-0.25, -0.2) is 0 Å². The fourth-order valence-corrected chi connectivity index (χ4v) is 17.4. The molecule has 0 saturated heterocycles. The van der Waals surface area contributed by atoms with Crippen LogP contribution in [0.2, 0.25) is 0 Å². The van der Waals surface area contributed by atoms with Gasteiger partial charge in [-0.2, -0.15) is 0 Å². The Labute approximate surface area is 688 Å². The van der Waals surface area contributed by atoms with Crippen LogP contribution in [0.4, 0.5) is 11.4 Å². The Morgan fingerprint density at radius 2 is 0.600 bits per heavy atom. The average molecular weight is 1550 g/mol. The third kappa shape index (κ3) is 19.9. The highest BCUT2D eigenvalue weighted by Crippen LogP contribution is 2.48. The molecule has 3 aromatic heterocycles. The molecule has 0 bridgehead atoms. The molecule has 0 amide bonds. The molecule has 22 rings (SSSR count). The van der Waals surface area contributed by atoms with Gasteiger partial charge in [0.15, 0.2) is 0 Å². The van der Waals surface area contributed by atoms with Gasteiger partial charge in [-0.15, -0.1) is 11.3 Å². The third-order valence-electron chi connectivity index (χ3n) is 19.8. The summed E-state index contributed by atoms with van der Waals surface area (Å²) in [5, 5.41) is 10.7. The summed E-state index contributed by atoms with van der Waals surface area (Å²) in [6.45, 7) is 6.42. The van der Waals surface area contributed by atoms with Crippen LogP contribution in [0.1, 0.15) is 25.0 Å². The minimum Gasteiger partial charge on any atom is -0.497 e. The highest BCUT2D eigenvalue weighted by Gasteiger charge is 2.21. The zero-order chi connectivity index (χ0) is 78.6. The number of benzene rings is 17. The zero-order valence-electron chi connectivity index (χ0n) is 65.2. The second-order valence-electron chi connectivity index (χ2n) is 27.0. The van der Waals surface area contributed by atoms with Gasteiger partial charge in [0.2, 0.25) is 0 Å². The Bertz CT molecular complexity index is 6000.